The second-order valence-electron chi connectivity index (χ2n) is 3.11. The van der Waals surface area contributed by atoms with Crippen molar-refractivity contribution in [2.75, 3.05) is 13.2 Å². The standard InChI is InChI=1S/C7H15NO3/c1-4-6(10)2-8-5(3-9)7(4)11/h4-11H,2-3H2,1H3. The van der Waals surface area contributed by atoms with Crippen LogP contribution in [0.1, 0.15) is 6.92 Å². The Kier molecular flexibility index (Phi) is 2.84. The highest BCUT2D eigenvalue weighted by atomic mass is 16.3. The van der Waals surface area contributed by atoms with Crippen molar-refractivity contribution in [1.82, 2.24) is 5.32 Å². The van der Waals surface area contributed by atoms with Crippen LogP contribution in [0.15, 0.2) is 0 Å². The first-order valence-electron chi connectivity index (χ1n) is 3.87. The minimum atomic E-state index is -0.649. The summed E-state index contributed by atoms with van der Waals surface area (Å²) in [7, 11) is 0. The Labute approximate surface area is 65.9 Å². The molecule has 4 nitrogen and oxygen atoms in total. The first kappa shape index (κ1) is 8.93. The SMILES string of the molecule is CC1C(O)CNC(CO)C1O. The first-order valence-corrected chi connectivity index (χ1v) is 3.87. The molecule has 4 heteroatoms. The smallest absolute Gasteiger partial charge is 0.0766 e. The monoisotopic (exact) mass is 161 g/mol. The molecular formula is C7H15NO3. The lowest BCUT2D eigenvalue weighted by atomic mass is 9.89. The van der Waals surface area contributed by atoms with E-state index in [9.17, 15) is 10.2 Å². The van der Waals surface area contributed by atoms with Gasteiger partial charge in [-0.25, -0.2) is 0 Å². The van der Waals surface area contributed by atoms with E-state index in [1.54, 1.807) is 6.92 Å². The van der Waals surface area contributed by atoms with Gasteiger partial charge in [0.15, 0.2) is 0 Å². The van der Waals surface area contributed by atoms with Gasteiger partial charge < -0.3 is 20.6 Å². The summed E-state index contributed by atoms with van der Waals surface area (Å²) < 4.78 is 0. The Bertz CT molecular complexity index is 129. The van der Waals surface area contributed by atoms with Crippen molar-refractivity contribution in [1.29, 1.82) is 0 Å². The fourth-order valence-corrected chi connectivity index (χ4v) is 1.35. The molecule has 4 unspecified atom stereocenters. The highest BCUT2D eigenvalue weighted by Crippen LogP contribution is 2.16. The van der Waals surface area contributed by atoms with Crippen LogP contribution >= 0.6 is 0 Å². The van der Waals surface area contributed by atoms with Gasteiger partial charge in [-0.05, 0) is 0 Å². The molecule has 0 radical (unpaired) electrons. The summed E-state index contributed by atoms with van der Waals surface area (Å²) >= 11 is 0. The van der Waals surface area contributed by atoms with Crippen LogP contribution in [0.3, 0.4) is 0 Å². The van der Waals surface area contributed by atoms with Crippen molar-refractivity contribution in [3.63, 3.8) is 0 Å². The van der Waals surface area contributed by atoms with Gasteiger partial charge in [0.2, 0.25) is 0 Å². The number of hydrogen-bond acceptors (Lipinski definition) is 4. The summed E-state index contributed by atoms with van der Waals surface area (Å²) in [5, 5.41) is 30.3. The Morgan fingerprint density at radius 3 is 2.64 bits per heavy atom. The second kappa shape index (κ2) is 3.49. The number of rotatable bonds is 1. The summed E-state index contributed by atoms with van der Waals surface area (Å²) in [4.78, 5) is 0. The van der Waals surface area contributed by atoms with Gasteiger partial charge in [0.05, 0.1) is 24.9 Å². The van der Waals surface area contributed by atoms with Crippen LogP contribution < -0.4 is 5.32 Å². The minimum absolute atomic E-state index is 0.0851. The molecule has 1 heterocycles. The molecule has 1 aliphatic rings. The van der Waals surface area contributed by atoms with Crippen LogP contribution in [-0.2, 0) is 0 Å². The fourth-order valence-electron chi connectivity index (χ4n) is 1.35. The molecule has 1 saturated heterocycles. The van der Waals surface area contributed by atoms with Crippen molar-refractivity contribution in [3.05, 3.63) is 0 Å². The van der Waals surface area contributed by atoms with E-state index < -0.39 is 12.2 Å². The van der Waals surface area contributed by atoms with E-state index in [1.165, 1.54) is 0 Å². The zero-order valence-electron chi connectivity index (χ0n) is 6.57. The van der Waals surface area contributed by atoms with Gasteiger partial charge in [-0.1, -0.05) is 6.92 Å². The average molecular weight is 161 g/mol. The average Bonchev–Trinajstić information content (AvgIpc) is 2.01. The molecule has 1 rings (SSSR count). The number of aliphatic hydroxyl groups is 3. The lowest BCUT2D eigenvalue weighted by molar-refractivity contribution is -0.0405. The summed E-state index contributed by atoms with van der Waals surface area (Å²) in [5.74, 6) is -0.159. The van der Waals surface area contributed by atoms with Gasteiger partial charge in [0.1, 0.15) is 0 Å². The van der Waals surface area contributed by atoms with E-state index in [0.29, 0.717) is 6.54 Å². The first-order chi connectivity index (χ1) is 5.16. The van der Waals surface area contributed by atoms with Gasteiger partial charge in [0, 0.05) is 12.5 Å². The largest absolute Gasteiger partial charge is 0.395 e. The van der Waals surface area contributed by atoms with Crippen molar-refractivity contribution >= 4 is 0 Å². The topological polar surface area (TPSA) is 72.7 Å². The summed E-state index contributed by atoms with van der Waals surface area (Å²) in [6.45, 7) is 2.14. The van der Waals surface area contributed by atoms with Crippen LogP contribution in [0.2, 0.25) is 0 Å². The Morgan fingerprint density at radius 2 is 2.09 bits per heavy atom. The van der Waals surface area contributed by atoms with E-state index >= 15 is 0 Å². The van der Waals surface area contributed by atoms with Gasteiger partial charge in [0.25, 0.3) is 0 Å². The minimum Gasteiger partial charge on any atom is -0.395 e. The summed E-state index contributed by atoms with van der Waals surface area (Å²) in [5.41, 5.74) is 0. The highest BCUT2D eigenvalue weighted by molar-refractivity contribution is 4.89. The summed E-state index contributed by atoms with van der Waals surface area (Å²) in [6.07, 6.45) is -1.16. The molecule has 66 valence electrons. The van der Waals surface area contributed by atoms with Crippen molar-refractivity contribution in [3.8, 4) is 0 Å². The number of nitrogens with one attached hydrogen (secondary N) is 1. The zero-order chi connectivity index (χ0) is 8.43. The molecule has 1 aliphatic heterocycles. The lowest BCUT2D eigenvalue weighted by Gasteiger charge is -2.36. The zero-order valence-corrected chi connectivity index (χ0v) is 6.57. The van der Waals surface area contributed by atoms with Crippen LogP contribution in [-0.4, -0.2) is 46.7 Å². The third-order valence-electron chi connectivity index (χ3n) is 2.34. The fraction of sp³-hybridized carbons (Fsp3) is 1.00. The molecule has 4 atom stereocenters. The van der Waals surface area contributed by atoms with E-state index in [4.69, 9.17) is 5.11 Å². The van der Waals surface area contributed by atoms with Crippen molar-refractivity contribution in [2.45, 2.75) is 25.2 Å². The Balaban J connectivity index is 2.52. The molecule has 1 fully saturated rings. The van der Waals surface area contributed by atoms with Crippen molar-refractivity contribution < 1.29 is 15.3 Å². The van der Waals surface area contributed by atoms with Crippen molar-refractivity contribution in [2.24, 2.45) is 5.92 Å². The molecule has 0 aromatic rings. The second-order valence-corrected chi connectivity index (χ2v) is 3.11. The molecule has 0 bridgehead atoms. The van der Waals surface area contributed by atoms with Gasteiger partial charge >= 0.3 is 0 Å². The Hall–Kier alpha value is -0.160. The van der Waals surface area contributed by atoms with Crippen LogP contribution in [0.4, 0.5) is 0 Å². The maximum Gasteiger partial charge on any atom is 0.0766 e. The maximum atomic E-state index is 9.43. The molecule has 0 spiro atoms. The number of β-amino-alcohol motifs (C(OH)–C–C–N with tert-alkyl or cyclic N) is 1. The van der Waals surface area contributed by atoms with E-state index in [1.807, 2.05) is 0 Å². The predicted molar refractivity (Wildman–Crippen MR) is 40.1 cm³/mol. The molecule has 0 amide bonds. The quantitative estimate of drug-likeness (QED) is 0.370. The molecule has 0 saturated carbocycles. The third-order valence-corrected chi connectivity index (χ3v) is 2.34. The normalized spacial score (nSPS) is 45.8. The highest BCUT2D eigenvalue weighted by Gasteiger charge is 2.33. The van der Waals surface area contributed by atoms with E-state index in [2.05, 4.69) is 5.32 Å². The van der Waals surface area contributed by atoms with Gasteiger partial charge in [-0.15, -0.1) is 0 Å². The van der Waals surface area contributed by atoms with Crippen LogP contribution in [0, 0.1) is 5.92 Å². The summed E-state index contributed by atoms with van der Waals surface area (Å²) in [6, 6.07) is -0.284. The van der Waals surface area contributed by atoms with Gasteiger partial charge in [-0.2, -0.15) is 0 Å². The van der Waals surface area contributed by atoms with Crippen LogP contribution in [0.5, 0.6) is 0 Å². The van der Waals surface area contributed by atoms with Gasteiger partial charge in [-0.3, -0.25) is 0 Å². The third kappa shape index (κ3) is 1.70. The lowest BCUT2D eigenvalue weighted by Crippen LogP contribution is -2.57. The Morgan fingerprint density at radius 1 is 1.45 bits per heavy atom. The molecule has 4 N–H and O–H groups in total. The number of hydrogen-bond donors (Lipinski definition) is 4. The number of piperidine rings is 1. The number of aliphatic hydroxyl groups excluding tert-OH is 3. The predicted octanol–water partition coefficient (Wildman–Crippen LogP) is -1.69. The maximum absolute atomic E-state index is 9.43. The molecule has 0 aliphatic carbocycles. The molecule has 11 heavy (non-hydrogen) atoms. The molecule has 0 aromatic heterocycles. The molecule has 0 aromatic carbocycles. The van der Waals surface area contributed by atoms with E-state index in [0.717, 1.165) is 0 Å². The van der Waals surface area contributed by atoms with Crippen LogP contribution in [0.25, 0.3) is 0 Å². The molecular weight excluding hydrogens is 146 g/mol. The van der Waals surface area contributed by atoms with E-state index in [-0.39, 0.29) is 18.6 Å².